The molecular formula is C16H14N4O4S. The van der Waals surface area contributed by atoms with E-state index in [9.17, 15) is 14.3 Å². The zero-order valence-corrected chi connectivity index (χ0v) is 13.9. The van der Waals surface area contributed by atoms with Crippen LogP contribution >= 0.6 is 0 Å². The van der Waals surface area contributed by atoms with Gasteiger partial charge < -0.3 is 5.32 Å². The number of fused-ring (bicyclic) bond motifs is 1. The highest BCUT2D eigenvalue weighted by Gasteiger charge is 2.17. The maximum Gasteiger partial charge on any atom is 0.280 e. The Morgan fingerprint density at radius 1 is 1.16 bits per heavy atom. The third-order valence-corrected chi connectivity index (χ3v) is 4.04. The Morgan fingerprint density at radius 2 is 1.92 bits per heavy atom. The zero-order valence-electron chi connectivity index (χ0n) is 13.1. The van der Waals surface area contributed by atoms with E-state index in [2.05, 4.69) is 15.0 Å². The minimum Gasteiger partial charge on any atom is -0.340 e. The molecule has 2 aromatic carbocycles. The second-order valence-corrected chi connectivity index (χ2v) is 6.00. The summed E-state index contributed by atoms with van der Waals surface area (Å²) in [5.41, 5.74) is 1.70. The zero-order chi connectivity index (χ0) is 18.0. The predicted octanol–water partition coefficient (Wildman–Crippen LogP) is 3.74. The Labute approximate surface area is 145 Å². The molecule has 0 fully saturated rings. The van der Waals surface area contributed by atoms with Crippen molar-refractivity contribution in [3.8, 4) is 0 Å². The molecule has 25 heavy (non-hydrogen) atoms. The fraction of sp³-hybridized carbons (Fsp3) is 0.0625. The molecule has 3 N–H and O–H groups in total. The number of nitrogens with one attached hydrogen (secondary N) is 2. The SMILES string of the molecule is Cc1ccc2c(Nc3cccc(NS(=O)O)c3)nccc2c1[N+](=O)[O-]. The molecule has 0 saturated carbocycles. The summed E-state index contributed by atoms with van der Waals surface area (Å²) in [6.07, 6.45) is 1.50. The second kappa shape index (κ2) is 6.83. The number of pyridine rings is 1. The van der Waals surface area contributed by atoms with E-state index in [-0.39, 0.29) is 5.69 Å². The van der Waals surface area contributed by atoms with Gasteiger partial charge in [-0.3, -0.25) is 19.4 Å². The molecular weight excluding hydrogens is 344 g/mol. The molecule has 3 rings (SSSR count). The Morgan fingerprint density at radius 3 is 2.64 bits per heavy atom. The molecule has 0 saturated heterocycles. The van der Waals surface area contributed by atoms with Gasteiger partial charge in [0, 0.05) is 22.8 Å². The van der Waals surface area contributed by atoms with Crippen LogP contribution in [0, 0.1) is 17.0 Å². The smallest absolute Gasteiger partial charge is 0.280 e. The summed E-state index contributed by atoms with van der Waals surface area (Å²) in [6, 6.07) is 11.8. The Bertz CT molecular complexity index is 993. The molecule has 0 spiro atoms. The molecule has 0 aliphatic rings. The number of aromatic nitrogens is 1. The van der Waals surface area contributed by atoms with Crippen LogP contribution in [0.3, 0.4) is 0 Å². The highest BCUT2D eigenvalue weighted by molar-refractivity contribution is 7.80. The van der Waals surface area contributed by atoms with E-state index in [1.807, 2.05) is 0 Å². The number of aryl methyl sites for hydroxylation is 1. The Hall–Kier alpha value is -3.04. The summed E-state index contributed by atoms with van der Waals surface area (Å²) < 4.78 is 22.1. The molecule has 0 amide bonds. The van der Waals surface area contributed by atoms with Crippen LogP contribution in [0.2, 0.25) is 0 Å². The molecule has 9 heteroatoms. The van der Waals surface area contributed by atoms with Crippen LogP contribution in [-0.4, -0.2) is 18.7 Å². The minimum absolute atomic E-state index is 0.0500. The van der Waals surface area contributed by atoms with E-state index < -0.39 is 16.2 Å². The molecule has 128 valence electrons. The molecule has 1 aromatic heterocycles. The molecule has 0 radical (unpaired) electrons. The number of rotatable bonds is 5. The highest BCUT2D eigenvalue weighted by atomic mass is 32.2. The van der Waals surface area contributed by atoms with Gasteiger partial charge in [-0.1, -0.05) is 12.1 Å². The molecule has 0 bridgehead atoms. The molecule has 3 aromatic rings. The van der Waals surface area contributed by atoms with Gasteiger partial charge in [-0.15, -0.1) is 0 Å². The minimum atomic E-state index is -2.17. The monoisotopic (exact) mass is 358 g/mol. The summed E-state index contributed by atoms with van der Waals surface area (Å²) in [6.45, 7) is 1.69. The van der Waals surface area contributed by atoms with E-state index in [0.29, 0.717) is 33.5 Å². The van der Waals surface area contributed by atoms with Crippen molar-refractivity contribution in [3.63, 3.8) is 0 Å². The van der Waals surface area contributed by atoms with Gasteiger partial charge in [-0.2, -0.15) is 0 Å². The van der Waals surface area contributed by atoms with Crippen LogP contribution in [0.25, 0.3) is 10.8 Å². The summed E-state index contributed by atoms with van der Waals surface area (Å²) in [4.78, 5) is 15.2. The number of nitrogens with zero attached hydrogens (tertiary/aromatic N) is 2. The van der Waals surface area contributed by atoms with Crippen LogP contribution in [-0.2, 0) is 11.3 Å². The third-order valence-electron chi connectivity index (χ3n) is 3.63. The molecule has 1 unspecified atom stereocenters. The van der Waals surface area contributed by atoms with Gasteiger partial charge >= 0.3 is 0 Å². The third kappa shape index (κ3) is 3.57. The van der Waals surface area contributed by atoms with Crippen molar-refractivity contribution in [2.75, 3.05) is 10.0 Å². The lowest BCUT2D eigenvalue weighted by Gasteiger charge is -2.11. The van der Waals surface area contributed by atoms with Gasteiger partial charge in [-0.25, -0.2) is 9.19 Å². The van der Waals surface area contributed by atoms with Gasteiger partial charge in [0.25, 0.3) is 17.0 Å². The summed E-state index contributed by atoms with van der Waals surface area (Å²) >= 11 is -2.17. The van der Waals surface area contributed by atoms with Gasteiger partial charge in [0.2, 0.25) is 0 Å². The quantitative estimate of drug-likeness (QED) is 0.363. The van der Waals surface area contributed by atoms with E-state index in [0.717, 1.165) is 0 Å². The lowest BCUT2D eigenvalue weighted by atomic mass is 10.1. The molecule has 1 heterocycles. The van der Waals surface area contributed by atoms with Crippen LogP contribution in [0.5, 0.6) is 0 Å². The average molecular weight is 358 g/mol. The fourth-order valence-electron chi connectivity index (χ4n) is 2.59. The van der Waals surface area contributed by atoms with Crippen molar-refractivity contribution >= 4 is 44.9 Å². The van der Waals surface area contributed by atoms with E-state index in [1.165, 1.54) is 6.20 Å². The maximum absolute atomic E-state index is 11.4. The van der Waals surface area contributed by atoms with Crippen LogP contribution < -0.4 is 10.0 Å². The van der Waals surface area contributed by atoms with Crippen LogP contribution in [0.4, 0.5) is 22.9 Å². The summed E-state index contributed by atoms with van der Waals surface area (Å²) in [5, 5.41) is 15.6. The molecule has 0 aliphatic heterocycles. The first-order chi connectivity index (χ1) is 12.0. The van der Waals surface area contributed by atoms with Gasteiger partial charge in [-0.05, 0) is 37.3 Å². The number of hydrogen-bond donors (Lipinski definition) is 3. The van der Waals surface area contributed by atoms with E-state index >= 15 is 0 Å². The number of nitro benzene ring substituents is 1. The first-order valence-corrected chi connectivity index (χ1v) is 8.33. The van der Waals surface area contributed by atoms with Crippen molar-refractivity contribution in [2.24, 2.45) is 0 Å². The first-order valence-electron chi connectivity index (χ1n) is 7.23. The molecule has 8 nitrogen and oxygen atoms in total. The topological polar surface area (TPSA) is 117 Å². The highest BCUT2D eigenvalue weighted by Crippen LogP contribution is 2.33. The lowest BCUT2D eigenvalue weighted by Crippen LogP contribution is -2.02. The van der Waals surface area contributed by atoms with Gasteiger partial charge in [0.05, 0.1) is 16.0 Å². The average Bonchev–Trinajstić information content (AvgIpc) is 2.54. The van der Waals surface area contributed by atoms with Crippen molar-refractivity contribution in [2.45, 2.75) is 6.92 Å². The Balaban J connectivity index is 2.04. The standard InChI is InChI=1S/C16H14N4O4S/c1-10-5-6-14-13(15(10)20(21)22)7-8-17-16(14)18-11-3-2-4-12(9-11)19-25(23)24/h2-9,19H,1H3,(H,17,18)(H,23,24). The van der Waals surface area contributed by atoms with Gasteiger partial charge in [0.15, 0.2) is 0 Å². The largest absolute Gasteiger partial charge is 0.340 e. The maximum atomic E-state index is 11.4. The molecule has 0 aliphatic carbocycles. The Kier molecular flexibility index (Phi) is 4.59. The first kappa shape index (κ1) is 16.8. The van der Waals surface area contributed by atoms with Crippen molar-refractivity contribution in [1.29, 1.82) is 0 Å². The fourth-order valence-corrected chi connectivity index (χ4v) is 2.92. The number of benzene rings is 2. The summed E-state index contributed by atoms with van der Waals surface area (Å²) in [5.74, 6) is 0.461. The van der Waals surface area contributed by atoms with Crippen molar-refractivity contribution < 1.29 is 13.7 Å². The molecule has 1 atom stereocenters. The lowest BCUT2D eigenvalue weighted by molar-refractivity contribution is -0.383. The predicted molar refractivity (Wildman–Crippen MR) is 97.3 cm³/mol. The van der Waals surface area contributed by atoms with E-state index in [4.69, 9.17) is 4.55 Å². The normalized spacial score (nSPS) is 11.9. The number of hydrogen-bond acceptors (Lipinski definition) is 5. The van der Waals surface area contributed by atoms with Crippen molar-refractivity contribution in [1.82, 2.24) is 4.98 Å². The van der Waals surface area contributed by atoms with E-state index in [1.54, 1.807) is 49.4 Å². The second-order valence-electron chi connectivity index (χ2n) is 5.30. The number of nitro groups is 1. The van der Waals surface area contributed by atoms with Crippen LogP contribution in [0.15, 0.2) is 48.7 Å². The van der Waals surface area contributed by atoms with Crippen LogP contribution in [0.1, 0.15) is 5.56 Å². The van der Waals surface area contributed by atoms with Gasteiger partial charge in [0.1, 0.15) is 5.82 Å². The summed E-state index contributed by atoms with van der Waals surface area (Å²) in [7, 11) is 0. The number of anilines is 3. The van der Waals surface area contributed by atoms with Crippen molar-refractivity contribution in [3.05, 3.63) is 64.3 Å².